The van der Waals surface area contributed by atoms with Gasteiger partial charge in [0.1, 0.15) is 5.76 Å². The largest absolute Gasteiger partial charge is 0.468 e. The van der Waals surface area contributed by atoms with Crippen LogP contribution < -0.4 is 5.32 Å². The van der Waals surface area contributed by atoms with Crippen molar-refractivity contribution in [2.45, 2.75) is 53.6 Å². The van der Waals surface area contributed by atoms with Gasteiger partial charge in [0.15, 0.2) is 0 Å². The summed E-state index contributed by atoms with van der Waals surface area (Å²) < 4.78 is 5.68. The molecule has 1 N–H and O–H groups in total. The van der Waals surface area contributed by atoms with Crippen molar-refractivity contribution in [3.05, 3.63) is 23.7 Å². The molecular formula is C17H30N2O. The highest BCUT2D eigenvalue weighted by atomic mass is 16.3. The molecule has 20 heavy (non-hydrogen) atoms. The predicted octanol–water partition coefficient (Wildman–Crippen LogP) is 3.65. The Hall–Kier alpha value is -0.800. The minimum absolute atomic E-state index is 0.454. The Labute approximate surface area is 123 Å². The molecule has 0 aromatic carbocycles. The molecule has 2 rings (SSSR count). The number of piperidine rings is 1. The van der Waals surface area contributed by atoms with Crippen LogP contribution in [0, 0.1) is 11.3 Å². The second-order valence-corrected chi connectivity index (χ2v) is 7.12. The number of furan rings is 1. The van der Waals surface area contributed by atoms with E-state index in [1.165, 1.54) is 31.5 Å². The molecule has 0 aliphatic carbocycles. The van der Waals surface area contributed by atoms with E-state index >= 15 is 0 Å². The monoisotopic (exact) mass is 278 g/mol. The highest BCUT2D eigenvalue weighted by molar-refractivity contribution is 5.12. The molecule has 0 spiro atoms. The molecule has 0 amide bonds. The summed E-state index contributed by atoms with van der Waals surface area (Å²) >= 11 is 0. The van der Waals surface area contributed by atoms with E-state index in [0.717, 1.165) is 31.3 Å². The first-order chi connectivity index (χ1) is 9.49. The Morgan fingerprint density at radius 3 is 2.60 bits per heavy atom. The van der Waals surface area contributed by atoms with Gasteiger partial charge in [-0.15, -0.1) is 0 Å². The number of likely N-dealkylation sites (tertiary alicyclic amines) is 1. The van der Waals surface area contributed by atoms with Crippen LogP contribution in [0.25, 0.3) is 0 Å². The fraction of sp³-hybridized carbons (Fsp3) is 0.765. The molecule has 1 aliphatic heterocycles. The highest BCUT2D eigenvalue weighted by Crippen LogP contribution is 2.34. The van der Waals surface area contributed by atoms with Gasteiger partial charge < -0.3 is 9.73 Å². The second-order valence-electron chi connectivity index (χ2n) is 7.12. The predicted molar refractivity (Wildman–Crippen MR) is 83.5 cm³/mol. The van der Waals surface area contributed by atoms with E-state index < -0.39 is 0 Å². The lowest BCUT2D eigenvalue weighted by Gasteiger charge is -2.38. The fourth-order valence-electron chi connectivity index (χ4n) is 3.05. The third-order valence-corrected chi connectivity index (χ3v) is 4.48. The van der Waals surface area contributed by atoms with Gasteiger partial charge in [0.25, 0.3) is 0 Å². The number of nitrogens with zero attached hydrogens (tertiary/aromatic N) is 1. The summed E-state index contributed by atoms with van der Waals surface area (Å²) in [5.41, 5.74) is 1.71. The molecule has 0 saturated carbocycles. The van der Waals surface area contributed by atoms with E-state index in [4.69, 9.17) is 4.42 Å². The Bertz CT molecular complexity index is 397. The standard InChI is InChI=1S/C17H30N2O/c1-5-18-11-14-10-16(20-13-14)12-19-8-6-15(7-9-19)17(2,3)4/h10,13,15,18H,5-9,11-12H2,1-4H3. The lowest BCUT2D eigenvalue weighted by atomic mass is 9.75. The Morgan fingerprint density at radius 1 is 1.30 bits per heavy atom. The van der Waals surface area contributed by atoms with Crippen molar-refractivity contribution in [2.75, 3.05) is 19.6 Å². The molecular weight excluding hydrogens is 248 g/mol. The number of hydrogen-bond donors (Lipinski definition) is 1. The normalized spacial score (nSPS) is 18.6. The van der Waals surface area contributed by atoms with E-state index in [1.54, 1.807) is 0 Å². The molecule has 0 atom stereocenters. The molecule has 3 heteroatoms. The molecule has 0 radical (unpaired) electrons. The smallest absolute Gasteiger partial charge is 0.118 e. The minimum Gasteiger partial charge on any atom is -0.468 e. The summed E-state index contributed by atoms with van der Waals surface area (Å²) in [6.07, 6.45) is 4.52. The summed E-state index contributed by atoms with van der Waals surface area (Å²) in [4.78, 5) is 2.53. The summed E-state index contributed by atoms with van der Waals surface area (Å²) in [6.45, 7) is 14.5. The van der Waals surface area contributed by atoms with Crippen molar-refractivity contribution >= 4 is 0 Å². The number of rotatable bonds is 5. The summed E-state index contributed by atoms with van der Waals surface area (Å²) in [5.74, 6) is 1.96. The van der Waals surface area contributed by atoms with Gasteiger partial charge in [-0.2, -0.15) is 0 Å². The highest BCUT2D eigenvalue weighted by Gasteiger charge is 2.28. The Balaban J connectivity index is 1.79. The average Bonchev–Trinajstić information content (AvgIpc) is 2.83. The van der Waals surface area contributed by atoms with Crippen LogP contribution >= 0.6 is 0 Å². The van der Waals surface area contributed by atoms with E-state index in [2.05, 4.69) is 44.0 Å². The number of nitrogens with one attached hydrogen (secondary N) is 1. The zero-order valence-corrected chi connectivity index (χ0v) is 13.5. The maximum absolute atomic E-state index is 5.68. The lowest BCUT2D eigenvalue weighted by Crippen LogP contribution is -2.37. The Morgan fingerprint density at radius 2 is 2.00 bits per heavy atom. The van der Waals surface area contributed by atoms with Gasteiger partial charge in [0.2, 0.25) is 0 Å². The lowest BCUT2D eigenvalue weighted by molar-refractivity contribution is 0.103. The van der Waals surface area contributed by atoms with Crippen LogP contribution in [0.1, 0.15) is 51.9 Å². The van der Waals surface area contributed by atoms with Crippen LogP contribution in [0.4, 0.5) is 0 Å². The van der Waals surface area contributed by atoms with E-state index in [-0.39, 0.29) is 0 Å². The summed E-state index contributed by atoms with van der Waals surface area (Å²) in [6, 6.07) is 2.19. The Kier molecular flexibility index (Phi) is 5.28. The molecule has 3 nitrogen and oxygen atoms in total. The van der Waals surface area contributed by atoms with Crippen molar-refractivity contribution in [1.29, 1.82) is 0 Å². The zero-order chi connectivity index (χ0) is 14.6. The van der Waals surface area contributed by atoms with E-state index in [1.807, 2.05) is 6.26 Å². The van der Waals surface area contributed by atoms with Crippen molar-refractivity contribution in [3.8, 4) is 0 Å². The van der Waals surface area contributed by atoms with Gasteiger partial charge in [0.05, 0.1) is 12.8 Å². The average molecular weight is 278 g/mol. The first-order valence-corrected chi connectivity index (χ1v) is 7.98. The summed E-state index contributed by atoms with van der Waals surface area (Å²) in [7, 11) is 0. The molecule has 1 fully saturated rings. The van der Waals surface area contributed by atoms with Gasteiger partial charge in [-0.25, -0.2) is 0 Å². The van der Waals surface area contributed by atoms with Crippen LogP contribution in [0.3, 0.4) is 0 Å². The van der Waals surface area contributed by atoms with Crippen LogP contribution in [-0.2, 0) is 13.1 Å². The topological polar surface area (TPSA) is 28.4 Å². The fourth-order valence-corrected chi connectivity index (χ4v) is 3.05. The maximum atomic E-state index is 5.68. The minimum atomic E-state index is 0.454. The SMILES string of the molecule is CCNCc1coc(CN2CCC(C(C)(C)C)CC2)c1. The van der Waals surface area contributed by atoms with Crippen molar-refractivity contribution in [1.82, 2.24) is 10.2 Å². The van der Waals surface area contributed by atoms with E-state index in [0.29, 0.717) is 5.41 Å². The molecule has 2 heterocycles. The first kappa shape index (κ1) is 15.6. The van der Waals surface area contributed by atoms with E-state index in [9.17, 15) is 0 Å². The third-order valence-electron chi connectivity index (χ3n) is 4.48. The quantitative estimate of drug-likeness (QED) is 0.891. The van der Waals surface area contributed by atoms with Crippen LogP contribution in [0.15, 0.2) is 16.7 Å². The molecule has 114 valence electrons. The van der Waals surface area contributed by atoms with Crippen molar-refractivity contribution < 1.29 is 4.42 Å². The zero-order valence-electron chi connectivity index (χ0n) is 13.5. The maximum Gasteiger partial charge on any atom is 0.118 e. The van der Waals surface area contributed by atoms with Crippen molar-refractivity contribution in [3.63, 3.8) is 0 Å². The molecule has 1 aromatic rings. The van der Waals surface area contributed by atoms with Gasteiger partial charge in [0, 0.05) is 12.1 Å². The van der Waals surface area contributed by atoms with Gasteiger partial charge in [-0.1, -0.05) is 27.7 Å². The van der Waals surface area contributed by atoms with Gasteiger partial charge in [-0.05, 0) is 49.9 Å². The van der Waals surface area contributed by atoms with Crippen LogP contribution in [-0.4, -0.2) is 24.5 Å². The van der Waals surface area contributed by atoms with Crippen LogP contribution in [0.5, 0.6) is 0 Å². The number of hydrogen-bond acceptors (Lipinski definition) is 3. The molecule has 1 saturated heterocycles. The molecule has 0 bridgehead atoms. The van der Waals surface area contributed by atoms with Gasteiger partial charge >= 0.3 is 0 Å². The first-order valence-electron chi connectivity index (χ1n) is 7.98. The molecule has 1 aliphatic rings. The second kappa shape index (κ2) is 6.77. The van der Waals surface area contributed by atoms with Crippen molar-refractivity contribution in [2.24, 2.45) is 11.3 Å². The third kappa shape index (κ3) is 4.35. The molecule has 1 aromatic heterocycles. The molecule has 0 unspecified atom stereocenters. The summed E-state index contributed by atoms with van der Waals surface area (Å²) in [5, 5.41) is 3.33. The van der Waals surface area contributed by atoms with Gasteiger partial charge in [-0.3, -0.25) is 4.90 Å². The van der Waals surface area contributed by atoms with Crippen LogP contribution in [0.2, 0.25) is 0 Å².